The molecule has 0 saturated heterocycles. The average Bonchev–Trinajstić information content (AvgIpc) is 2.04. The number of hydrogen-bond donors (Lipinski definition) is 1. The van der Waals surface area contributed by atoms with Gasteiger partial charge in [0.05, 0.1) is 6.10 Å². The molecule has 1 aromatic rings. The van der Waals surface area contributed by atoms with Gasteiger partial charge in [0.15, 0.2) is 0 Å². The fraction of sp³-hybridized carbons (Fsp3) is 0.500. The molecular formula is C8H12N2O2. The van der Waals surface area contributed by atoms with Crippen LogP contribution in [0, 0.1) is 0 Å². The zero-order chi connectivity index (χ0) is 8.97. The lowest BCUT2D eigenvalue weighted by Gasteiger charge is -2.09. The van der Waals surface area contributed by atoms with Crippen LogP contribution in [0.15, 0.2) is 17.1 Å². The summed E-state index contributed by atoms with van der Waals surface area (Å²) in [6, 6.07) is 1.64. The van der Waals surface area contributed by atoms with E-state index in [0.29, 0.717) is 0 Å². The highest BCUT2D eigenvalue weighted by molar-refractivity contribution is 4.94. The number of aromatic amines is 1. The Labute approximate surface area is 70.6 Å². The second kappa shape index (κ2) is 3.90. The van der Waals surface area contributed by atoms with Crippen LogP contribution < -0.4 is 10.3 Å². The number of nitrogens with zero attached hydrogens (tertiary/aromatic N) is 1. The molecule has 1 rings (SSSR count). The van der Waals surface area contributed by atoms with Gasteiger partial charge in [0, 0.05) is 12.3 Å². The molecule has 12 heavy (non-hydrogen) atoms. The van der Waals surface area contributed by atoms with Crippen LogP contribution in [-0.4, -0.2) is 16.1 Å². The predicted molar refractivity (Wildman–Crippen MR) is 45.2 cm³/mol. The molecule has 1 heterocycles. The van der Waals surface area contributed by atoms with Crippen molar-refractivity contribution in [1.82, 2.24) is 9.97 Å². The van der Waals surface area contributed by atoms with E-state index in [1.54, 1.807) is 0 Å². The first-order valence-corrected chi connectivity index (χ1v) is 3.94. The molecule has 0 fully saturated rings. The Morgan fingerprint density at radius 1 is 1.75 bits per heavy atom. The molecule has 0 bridgehead atoms. The van der Waals surface area contributed by atoms with Gasteiger partial charge in [-0.2, -0.15) is 0 Å². The smallest absolute Gasteiger partial charge is 0.296 e. The second-order valence-electron chi connectivity index (χ2n) is 2.58. The van der Waals surface area contributed by atoms with Crippen LogP contribution in [0.5, 0.6) is 6.01 Å². The lowest BCUT2D eigenvalue weighted by molar-refractivity contribution is 0.198. The van der Waals surface area contributed by atoms with Crippen LogP contribution in [0.25, 0.3) is 0 Å². The van der Waals surface area contributed by atoms with Crippen LogP contribution in [0.2, 0.25) is 0 Å². The first-order valence-electron chi connectivity index (χ1n) is 3.94. The highest BCUT2D eigenvalue weighted by Crippen LogP contribution is 2.01. The Balaban J connectivity index is 2.69. The Morgan fingerprint density at radius 2 is 2.50 bits per heavy atom. The molecule has 0 radical (unpaired) electrons. The van der Waals surface area contributed by atoms with Crippen molar-refractivity contribution in [1.29, 1.82) is 0 Å². The molecule has 0 spiro atoms. The summed E-state index contributed by atoms with van der Waals surface area (Å²) in [7, 11) is 0. The summed E-state index contributed by atoms with van der Waals surface area (Å²) in [5.41, 5.74) is -0.191. The number of ether oxygens (including phenoxy) is 1. The van der Waals surface area contributed by atoms with Crippen molar-refractivity contribution in [2.45, 2.75) is 26.4 Å². The summed E-state index contributed by atoms with van der Waals surface area (Å²) in [5, 5.41) is 0. The summed E-state index contributed by atoms with van der Waals surface area (Å²) in [6.45, 7) is 3.93. The van der Waals surface area contributed by atoms with Crippen LogP contribution in [0.3, 0.4) is 0 Å². The molecule has 1 unspecified atom stereocenters. The summed E-state index contributed by atoms with van der Waals surface area (Å²) in [4.78, 5) is 17.1. The minimum atomic E-state index is -0.191. The largest absolute Gasteiger partial charge is 0.462 e. The normalized spacial score (nSPS) is 12.5. The van der Waals surface area contributed by atoms with Crippen molar-refractivity contribution in [2.75, 3.05) is 0 Å². The highest BCUT2D eigenvalue weighted by atomic mass is 16.5. The molecule has 1 atom stereocenters. The van der Waals surface area contributed by atoms with Gasteiger partial charge >= 0.3 is 0 Å². The lowest BCUT2D eigenvalue weighted by atomic mass is 10.3. The third kappa shape index (κ3) is 2.38. The maximum atomic E-state index is 10.8. The minimum Gasteiger partial charge on any atom is -0.462 e. The molecule has 0 aliphatic heterocycles. The van der Waals surface area contributed by atoms with E-state index in [4.69, 9.17) is 4.74 Å². The highest BCUT2D eigenvalue weighted by Gasteiger charge is 2.01. The Morgan fingerprint density at radius 3 is 3.08 bits per heavy atom. The van der Waals surface area contributed by atoms with Gasteiger partial charge in [0.2, 0.25) is 0 Å². The van der Waals surface area contributed by atoms with E-state index in [0.717, 1.165) is 6.42 Å². The van der Waals surface area contributed by atoms with E-state index in [9.17, 15) is 4.79 Å². The van der Waals surface area contributed by atoms with Crippen LogP contribution in [-0.2, 0) is 0 Å². The van der Waals surface area contributed by atoms with E-state index in [-0.39, 0.29) is 17.7 Å². The second-order valence-corrected chi connectivity index (χ2v) is 2.58. The monoisotopic (exact) mass is 168 g/mol. The summed E-state index contributed by atoms with van der Waals surface area (Å²) >= 11 is 0. The van der Waals surface area contributed by atoms with Gasteiger partial charge in [-0.05, 0) is 13.3 Å². The zero-order valence-electron chi connectivity index (χ0n) is 7.20. The molecule has 1 aromatic heterocycles. The standard InChI is InChI=1S/C8H12N2O2/c1-3-6(2)12-8-9-5-4-7(11)10-8/h4-6H,3H2,1-2H3,(H,9,10,11). The van der Waals surface area contributed by atoms with Gasteiger partial charge in [0.1, 0.15) is 0 Å². The molecule has 0 saturated carbocycles. The molecule has 0 amide bonds. The molecule has 4 heteroatoms. The minimum absolute atomic E-state index is 0.0792. The van der Waals surface area contributed by atoms with Gasteiger partial charge in [-0.15, -0.1) is 0 Å². The fourth-order valence-corrected chi connectivity index (χ4v) is 0.686. The topological polar surface area (TPSA) is 55.0 Å². The first kappa shape index (κ1) is 8.77. The third-order valence-electron chi connectivity index (χ3n) is 1.54. The van der Waals surface area contributed by atoms with Crippen molar-refractivity contribution >= 4 is 0 Å². The number of hydrogen-bond acceptors (Lipinski definition) is 3. The molecule has 0 aromatic carbocycles. The Bertz CT molecular complexity index is 295. The van der Waals surface area contributed by atoms with E-state index >= 15 is 0 Å². The summed E-state index contributed by atoms with van der Waals surface area (Å²) in [6.07, 6.45) is 2.39. The maximum absolute atomic E-state index is 10.8. The van der Waals surface area contributed by atoms with Crippen molar-refractivity contribution in [3.8, 4) is 6.01 Å². The maximum Gasteiger partial charge on any atom is 0.296 e. The van der Waals surface area contributed by atoms with E-state index < -0.39 is 0 Å². The Kier molecular flexibility index (Phi) is 2.85. The molecule has 0 aliphatic carbocycles. The molecule has 66 valence electrons. The van der Waals surface area contributed by atoms with E-state index in [2.05, 4.69) is 9.97 Å². The van der Waals surface area contributed by atoms with E-state index in [1.165, 1.54) is 12.3 Å². The van der Waals surface area contributed by atoms with Crippen molar-refractivity contribution in [3.63, 3.8) is 0 Å². The van der Waals surface area contributed by atoms with Crippen molar-refractivity contribution in [2.24, 2.45) is 0 Å². The fourth-order valence-electron chi connectivity index (χ4n) is 0.686. The van der Waals surface area contributed by atoms with Crippen LogP contribution >= 0.6 is 0 Å². The van der Waals surface area contributed by atoms with Gasteiger partial charge in [-0.25, -0.2) is 4.98 Å². The molecule has 4 nitrogen and oxygen atoms in total. The van der Waals surface area contributed by atoms with Gasteiger partial charge in [0.25, 0.3) is 11.6 Å². The summed E-state index contributed by atoms with van der Waals surface area (Å²) < 4.78 is 5.28. The summed E-state index contributed by atoms with van der Waals surface area (Å²) in [5.74, 6) is 0. The third-order valence-corrected chi connectivity index (χ3v) is 1.54. The number of aromatic nitrogens is 2. The average molecular weight is 168 g/mol. The van der Waals surface area contributed by atoms with Crippen LogP contribution in [0.1, 0.15) is 20.3 Å². The first-order chi connectivity index (χ1) is 5.72. The predicted octanol–water partition coefficient (Wildman–Crippen LogP) is 0.947. The SMILES string of the molecule is CCC(C)Oc1nccc(=O)[nH]1. The molecular weight excluding hydrogens is 156 g/mol. The lowest BCUT2D eigenvalue weighted by Crippen LogP contribution is -2.15. The van der Waals surface area contributed by atoms with Crippen molar-refractivity contribution in [3.05, 3.63) is 22.6 Å². The van der Waals surface area contributed by atoms with Crippen LogP contribution in [0.4, 0.5) is 0 Å². The number of rotatable bonds is 3. The number of H-pyrrole nitrogens is 1. The quantitative estimate of drug-likeness (QED) is 0.731. The number of nitrogens with one attached hydrogen (secondary N) is 1. The molecule has 0 aliphatic rings. The zero-order valence-corrected chi connectivity index (χ0v) is 7.20. The van der Waals surface area contributed by atoms with Gasteiger partial charge in [-0.1, -0.05) is 6.92 Å². The molecule has 1 N–H and O–H groups in total. The Hall–Kier alpha value is -1.32. The van der Waals surface area contributed by atoms with Gasteiger partial charge in [-0.3, -0.25) is 9.78 Å². The van der Waals surface area contributed by atoms with Crippen molar-refractivity contribution < 1.29 is 4.74 Å². The van der Waals surface area contributed by atoms with E-state index in [1.807, 2.05) is 13.8 Å². The van der Waals surface area contributed by atoms with Gasteiger partial charge < -0.3 is 4.74 Å².